The summed E-state index contributed by atoms with van der Waals surface area (Å²) in [5.74, 6) is -0.570. The number of ether oxygens (including phenoxy) is 1. The summed E-state index contributed by atoms with van der Waals surface area (Å²) in [7, 11) is -9.75. The van der Waals surface area contributed by atoms with Crippen LogP contribution in [0.3, 0.4) is 0 Å². The van der Waals surface area contributed by atoms with E-state index in [0.29, 0.717) is 0 Å². The van der Waals surface area contributed by atoms with Crippen LogP contribution in [-0.2, 0) is 40.0 Å². The zero-order chi connectivity index (χ0) is 26.6. The third-order valence-corrected chi connectivity index (χ3v) is 7.59. The van der Waals surface area contributed by atoms with E-state index in [1.54, 1.807) is 0 Å². The third-order valence-electron chi connectivity index (χ3n) is 4.31. The molecule has 36 heavy (non-hydrogen) atoms. The minimum atomic E-state index is -4.83. The van der Waals surface area contributed by atoms with Gasteiger partial charge in [-0.15, -0.1) is 0 Å². The zero-order valence-corrected chi connectivity index (χ0v) is 24.1. The number of nitrogens with one attached hydrogen (secondary N) is 2. The number of hydrogen-bond acceptors (Lipinski definition) is 8. The number of nitrogens with zero attached hydrogens (tertiary/aromatic N) is 1. The summed E-state index contributed by atoms with van der Waals surface area (Å²) < 4.78 is 98.4. The number of carbonyl (C=O) groups is 1. The first kappa shape index (κ1) is 32.2. The van der Waals surface area contributed by atoms with Crippen molar-refractivity contribution >= 4 is 59.9 Å². The summed E-state index contributed by atoms with van der Waals surface area (Å²) in [6, 6.07) is 6.87. The molecule has 0 heterocycles. The number of amides is 1. The van der Waals surface area contributed by atoms with Crippen LogP contribution in [0.15, 0.2) is 46.2 Å². The maximum Gasteiger partial charge on any atom is 1.00 e. The van der Waals surface area contributed by atoms with Crippen LogP contribution in [0.2, 0.25) is 0 Å². The van der Waals surface area contributed by atoms with Crippen LogP contribution in [-0.4, -0.2) is 72.4 Å². The fraction of sp³-hybridized carbons (Fsp3) is 0.211. The molecule has 0 atom stereocenters. The first-order valence-corrected chi connectivity index (χ1v) is 13.8. The van der Waals surface area contributed by atoms with Gasteiger partial charge in [-0.1, -0.05) is 24.3 Å². The van der Waals surface area contributed by atoms with Gasteiger partial charge >= 0.3 is 39.8 Å². The van der Waals surface area contributed by atoms with Crippen molar-refractivity contribution in [3.05, 3.63) is 47.5 Å². The molecule has 1 amide bonds. The standard InChI is InChI=1S/C19H23N3O10S3.Na/c1-22(2)35(30,31)21-16-9-7-14(18(11-16)34(27,28)29)5-4-13-6-8-15(20-19(23)12-32-3)10-17(13)33(24,25)26;/h4-11,21H,12H2,1-3H3,(H,20,23)(H,24,25,26)(H,27,28,29);/q;+1/b5-4+;. The minimum Gasteiger partial charge on any atom is -0.375 e. The van der Waals surface area contributed by atoms with E-state index in [4.69, 9.17) is 0 Å². The van der Waals surface area contributed by atoms with E-state index in [1.165, 1.54) is 45.5 Å². The second kappa shape index (κ2) is 12.6. The fourth-order valence-corrected chi connectivity index (χ4v) is 4.71. The predicted octanol–water partition coefficient (Wildman–Crippen LogP) is -1.84. The van der Waals surface area contributed by atoms with E-state index >= 15 is 0 Å². The van der Waals surface area contributed by atoms with Gasteiger partial charge in [0.25, 0.3) is 20.2 Å². The largest absolute Gasteiger partial charge is 1.00 e. The maximum absolute atomic E-state index is 12.0. The molecule has 4 N–H and O–H groups in total. The van der Waals surface area contributed by atoms with Crippen molar-refractivity contribution < 1.29 is 73.4 Å². The van der Waals surface area contributed by atoms with Crippen LogP contribution in [0.1, 0.15) is 11.1 Å². The van der Waals surface area contributed by atoms with E-state index in [-0.39, 0.29) is 58.7 Å². The van der Waals surface area contributed by atoms with Gasteiger partial charge in [0.05, 0.1) is 5.69 Å². The van der Waals surface area contributed by atoms with Crippen molar-refractivity contribution in [1.29, 1.82) is 0 Å². The molecular weight excluding hydrogens is 549 g/mol. The van der Waals surface area contributed by atoms with Crippen molar-refractivity contribution in [1.82, 2.24) is 4.31 Å². The van der Waals surface area contributed by atoms with E-state index in [0.717, 1.165) is 28.6 Å². The number of benzene rings is 2. The Morgan fingerprint density at radius 2 is 1.33 bits per heavy atom. The Kier molecular flexibility index (Phi) is 11.3. The van der Waals surface area contributed by atoms with Crippen LogP contribution < -0.4 is 39.6 Å². The van der Waals surface area contributed by atoms with Crippen LogP contribution in [0, 0.1) is 0 Å². The molecule has 0 saturated carbocycles. The van der Waals surface area contributed by atoms with Gasteiger partial charge in [0.1, 0.15) is 16.4 Å². The van der Waals surface area contributed by atoms with Crippen molar-refractivity contribution in [3.8, 4) is 0 Å². The van der Waals surface area contributed by atoms with Crippen molar-refractivity contribution in [3.63, 3.8) is 0 Å². The van der Waals surface area contributed by atoms with E-state index in [1.807, 2.05) is 0 Å². The van der Waals surface area contributed by atoms with Crippen molar-refractivity contribution in [2.24, 2.45) is 0 Å². The molecule has 17 heteroatoms. The van der Waals surface area contributed by atoms with Gasteiger partial charge in [-0.2, -0.15) is 29.6 Å². The minimum absolute atomic E-state index is 0. The molecule has 2 rings (SSSR count). The van der Waals surface area contributed by atoms with Gasteiger partial charge in [-0.3, -0.25) is 18.6 Å². The zero-order valence-electron chi connectivity index (χ0n) is 19.7. The summed E-state index contributed by atoms with van der Waals surface area (Å²) in [5, 5.41) is 2.38. The maximum atomic E-state index is 12.0. The van der Waals surface area contributed by atoms with Crippen LogP contribution in [0.25, 0.3) is 12.2 Å². The van der Waals surface area contributed by atoms with Gasteiger partial charge in [-0.05, 0) is 35.4 Å². The first-order chi connectivity index (χ1) is 16.0. The summed E-state index contributed by atoms with van der Waals surface area (Å²) in [6.07, 6.45) is 2.29. The van der Waals surface area contributed by atoms with Gasteiger partial charge in [0, 0.05) is 26.9 Å². The molecule has 0 spiro atoms. The molecule has 2 aromatic carbocycles. The first-order valence-electron chi connectivity index (χ1n) is 9.45. The van der Waals surface area contributed by atoms with E-state index < -0.39 is 46.1 Å². The van der Waals surface area contributed by atoms with Crippen molar-refractivity contribution in [2.75, 3.05) is 37.9 Å². The van der Waals surface area contributed by atoms with Gasteiger partial charge in [0.2, 0.25) is 5.91 Å². The number of carbonyl (C=O) groups excluding carboxylic acids is 1. The summed E-state index contributed by atoms with van der Waals surface area (Å²) in [4.78, 5) is 10.4. The van der Waals surface area contributed by atoms with Gasteiger partial charge in [-0.25, -0.2) is 0 Å². The van der Waals surface area contributed by atoms with Crippen LogP contribution in [0.5, 0.6) is 0 Å². The molecule has 0 aliphatic rings. The topological polar surface area (TPSA) is 196 Å². The molecule has 0 radical (unpaired) electrons. The molecule has 0 unspecified atom stereocenters. The molecule has 0 aliphatic heterocycles. The Morgan fingerprint density at radius 1 is 0.889 bits per heavy atom. The number of rotatable bonds is 10. The average Bonchev–Trinajstić information content (AvgIpc) is 2.71. The second-order valence-electron chi connectivity index (χ2n) is 7.16. The van der Waals surface area contributed by atoms with Crippen LogP contribution >= 0.6 is 0 Å². The second-order valence-corrected chi connectivity index (χ2v) is 11.8. The summed E-state index contributed by atoms with van der Waals surface area (Å²) in [5.41, 5.74) is -0.291. The smallest absolute Gasteiger partial charge is 0.375 e. The average molecular weight is 573 g/mol. The molecule has 0 aliphatic carbocycles. The van der Waals surface area contributed by atoms with Crippen molar-refractivity contribution in [2.45, 2.75) is 9.79 Å². The number of hydrogen-bond donors (Lipinski definition) is 4. The Morgan fingerprint density at radius 3 is 1.75 bits per heavy atom. The predicted molar refractivity (Wildman–Crippen MR) is 128 cm³/mol. The molecule has 2 aromatic rings. The van der Waals surface area contributed by atoms with E-state index in [2.05, 4.69) is 14.8 Å². The number of anilines is 2. The Labute approximate surface area is 231 Å². The number of methoxy groups -OCH3 is 1. The Bertz CT molecular complexity index is 1470. The molecule has 0 saturated heterocycles. The molecule has 192 valence electrons. The monoisotopic (exact) mass is 572 g/mol. The SMILES string of the molecule is COCC(=O)Nc1ccc(/C=C/c2ccc(NS(=O)(=O)N(C)C)cc2S(=O)(=O)O)c(S(=O)(=O)O)c1.[Na+]. The summed E-state index contributed by atoms with van der Waals surface area (Å²) >= 11 is 0. The molecular formula is C19H23N3NaO10S3+. The van der Waals surface area contributed by atoms with Crippen LogP contribution in [0.4, 0.5) is 11.4 Å². The fourth-order valence-electron chi connectivity index (χ4n) is 2.68. The molecule has 0 fully saturated rings. The summed E-state index contributed by atoms with van der Waals surface area (Å²) in [6.45, 7) is -0.290. The van der Waals surface area contributed by atoms with Gasteiger partial charge in [0.15, 0.2) is 0 Å². The Balaban J connectivity index is 0.00000648. The molecule has 0 bridgehead atoms. The van der Waals surface area contributed by atoms with Gasteiger partial charge < -0.3 is 10.1 Å². The van der Waals surface area contributed by atoms with E-state index in [9.17, 15) is 39.2 Å². The third kappa shape index (κ3) is 8.91. The normalized spacial score (nSPS) is 12.4. The Hall–Kier alpha value is -1.86. The quantitative estimate of drug-likeness (QED) is 0.143. The molecule has 13 nitrogen and oxygen atoms in total. The molecule has 0 aromatic heterocycles.